The molecular formula is C28H36ClFN4. The summed E-state index contributed by atoms with van der Waals surface area (Å²) >= 11 is 0. The summed E-state index contributed by atoms with van der Waals surface area (Å²) in [6.07, 6.45) is 6.90. The molecule has 1 atom stereocenters. The first kappa shape index (κ1) is 24.7. The maximum Gasteiger partial charge on any atom is 0.245 e. The van der Waals surface area contributed by atoms with Gasteiger partial charge in [-0.05, 0) is 81.2 Å². The molecule has 2 aliphatic rings. The van der Waals surface area contributed by atoms with Crippen LogP contribution >= 0.6 is 12.4 Å². The molecule has 2 aromatic carbocycles. The van der Waals surface area contributed by atoms with Crippen molar-refractivity contribution in [2.45, 2.75) is 78.2 Å². The van der Waals surface area contributed by atoms with Crippen molar-refractivity contribution in [3.05, 3.63) is 70.3 Å². The number of hydrogen-bond donors (Lipinski definition) is 0. The van der Waals surface area contributed by atoms with Crippen LogP contribution in [0.25, 0.3) is 5.69 Å². The lowest BCUT2D eigenvalue weighted by Crippen LogP contribution is -2.31. The highest BCUT2D eigenvalue weighted by Gasteiger charge is 2.35. The van der Waals surface area contributed by atoms with E-state index >= 15 is 0 Å². The van der Waals surface area contributed by atoms with E-state index in [1.54, 1.807) is 6.07 Å². The Bertz CT molecular complexity index is 1150. The van der Waals surface area contributed by atoms with Crippen LogP contribution in [0.1, 0.15) is 85.5 Å². The van der Waals surface area contributed by atoms with Crippen molar-refractivity contribution in [1.82, 2.24) is 14.8 Å². The van der Waals surface area contributed by atoms with Gasteiger partial charge in [0.25, 0.3) is 0 Å². The SMILES string of the molecule is CCCN(c1nc(C2CC2)n(-c2ccc(C)cc2C)n1)[C@@H](CC1CC1)c1ccc(C)c(F)c1.Cl. The summed E-state index contributed by atoms with van der Waals surface area (Å²) in [6, 6.07) is 12.3. The number of aromatic nitrogens is 3. The van der Waals surface area contributed by atoms with Crippen molar-refractivity contribution in [1.29, 1.82) is 0 Å². The zero-order valence-electron chi connectivity index (χ0n) is 20.7. The van der Waals surface area contributed by atoms with Crippen molar-refractivity contribution in [2.75, 3.05) is 11.4 Å². The molecule has 34 heavy (non-hydrogen) atoms. The molecule has 3 aromatic rings. The van der Waals surface area contributed by atoms with Gasteiger partial charge in [-0.2, -0.15) is 4.98 Å². The lowest BCUT2D eigenvalue weighted by Gasteiger charge is -2.31. The molecule has 0 aliphatic heterocycles. The van der Waals surface area contributed by atoms with Gasteiger partial charge in [0.1, 0.15) is 11.6 Å². The maximum atomic E-state index is 14.6. The molecule has 6 heteroatoms. The predicted molar refractivity (Wildman–Crippen MR) is 139 cm³/mol. The Morgan fingerprint density at radius 2 is 1.79 bits per heavy atom. The lowest BCUT2D eigenvalue weighted by atomic mass is 9.98. The molecular weight excluding hydrogens is 447 g/mol. The lowest BCUT2D eigenvalue weighted by molar-refractivity contribution is 0.521. The Morgan fingerprint density at radius 1 is 1.03 bits per heavy atom. The van der Waals surface area contributed by atoms with Crippen LogP contribution in [0.5, 0.6) is 0 Å². The molecule has 0 amide bonds. The van der Waals surface area contributed by atoms with Gasteiger partial charge >= 0.3 is 0 Å². The maximum absolute atomic E-state index is 14.6. The fraction of sp³-hybridized carbons (Fsp3) is 0.500. The summed E-state index contributed by atoms with van der Waals surface area (Å²) in [5.41, 5.74) is 5.31. The first-order chi connectivity index (χ1) is 15.9. The number of nitrogens with zero attached hydrogens (tertiary/aromatic N) is 4. The zero-order valence-corrected chi connectivity index (χ0v) is 21.5. The van der Waals surface area contributed by atoms with Gasteiger partial charge in [0.15, 0.2) is 0 Å². The van der Waals surface area contributed by atoms with Gasteiger partial charge in [-0.3, -0.25) is 0 Å². The smallest absolute Gasteiger partial charge is 0.245 e. The zero-order chi connectivity index (χ0) is 23.1. The topological polar surface area (TPSA) is 34.0 Å². The molecule has 1 heterocycles. The molecule has 5 rings (SSSR count). The van der Waals surface area contributed by atoms with Gasteiger partial charge in [0.2, 0.25) is 5.95 Å². The highest BCUT2D eigenvalue weighted by molar-refractivity contribution is 5.85. The van der Waals surface area contributed by atoms with E-state index in [0.717, 1.165) is 42.4 Å². The normalized spacial score (nSPS) is 16.3. The number of aryl methyl sites for hydroxylation is 3. The second-order valence-electron chi connectivity index (χ2n) is 10.1. The van der Waals surface area contributed by atoms with Crippen molar-refractivity contribution in [3.8, 4) is 5.69 Å². The summed E-state index contributed by atoms with van der Waals surface area (Å²) in [6.45, 7) is 9.15. The second-order valence-corrected chi connectivity index (χ2v) is 10.1. The molecule has 182 valence electrons. The quantitative estimate of drug-likeness (QED) is 0.319. The molecule has 0 radical (unpaired) electrons. The van der Waals surface area contributed by atoms with E-state index in [-0.39, 0.29) is 24.3 Å². The Balaban J connectivity index is 0.00000274. The number of hydrogen-bond acceptors (Lipinski definition) is 3. The molecule has 0 bridgehead atoms. The number of rotatable bonds is 9. The Hall–Kier alpha value is -2.40. The molecule has 0 N–H and O–H groups in total. The van der Waals surface area contributed by atoms with E-state index in [2.05, 4.69) is 54.6 Å². The predicted octanol–water partition coefficient (Wildman–Crippen LogP) is 7.39. The standard InChI is InChI=1S/C28H35FN4.ClH/c1-5-14-32(26(16-21-8-9-21)23-10-7-19(3)24(29)17-23)28-30-27(22-11-12-22)33(31-28)25-13-6-18(2)15-20(25)4;/h6-7,10,13,15,17,21-22,26H,5,8-9,11-12,14,16H2,1-4H3;1H/t26-;/m0./s1. The van der Waals surface area contributed by atoms with Crippen molar-refractivity contribution in [2.24, 2.45) is 5.92 Å². The minimum atomic E-state index is -0.128. The van der Waals surface area contributed by atoms with Crippen LogP contribution in [0.2, 0.25) is 0 Å². The minimum Gasteiger partial charge on any atom is -0.332 e. The van der Waals surface area contributed by atoms with Crippen molar-refractivity contribution >= 4 is 18.4 Å². The summed E-state index contributed by atoms with van der Waals surface area (Å²) in [5, 5.41) is 5.10. The van der Waals surface area contributed by atoms with Crippen molar-refractivity contribution in [3.63, 3.8) is 0 Å². The van der Waals surface area contributed by atoms with Crippen LogP contribution in [0, 0.1) is 32.5 Å². The summed E-state index contributed by atoms with van der Waals surface area (Å²) in [5.74, 6) is 2.91. The Kier molecular flexibility index (Phi) is 7.32. The van der Waals surface area contributed by atoms with E-state index in [9.17, 15) is 4.39 Å². The molecule has 2 aliphatic carbocycles. The fourth-order valence-corrected chi connectivity index (χ4v) is 4.83. The van der Waals surface area contributed by atoms with E-state index in [1.165, 1.54) is 36.8 Å². The summed E-state index contributed by atoms with van der Waals surface area (Å²) < 4.78 is 16.6. The highest BCUT2D eigenvalue weighted by atomic mass is 35.5. The average molecular weight is 483 g/mol. The number of halogens is 2. The molecule has 0 saturated heterocycles. The van der Waals surface area contributed by atoms with E-state index in [1.807, 2.05) is 13.0 Å². The summed E-state index contributed by atoms with van der Waals surface area (Å²) in [7, 11) is 0. The van der Waals surface area contributed by atoms with Gasteiger partial charge in [-0.1, -0.05) is 49.6 Å². The molecule has 0 unspecified atom stereocenters. The second kappa shape index (κ2) is 10.1. The van der Waals surface area contributed by atoms with Crippen LogP contribution < -0.4 is 4.90 Å². The van der Waals surface area contributed by atoms with Crippen LogP contribution in [-0.2, 0) is 0 Å². The molecule has 4 nitrogen and oxygen atoms in total. The third-order valence-corrected chi connectivity index (χ3v) is 7.08. The number of benzene rings is 2. The molecule has 0 spiro atoms. The van der Waals surface area contributed by atoms with Gasteiger partial charge in [0, 0.05) is 12.5 Å². The van der Waals surface area contributed by atoms with E-state index in [0.29, 0.717) is 17.4 Å². The van der Waals surface area contributed by atoms with Crippen LogP contribution in [-0.4, -0.2) is 21.3 Å². The first-order valence-corrected chi connectivity index (χ1v) is 12.5. The van der Waals surface area contributed by atoms with Gasteiger partial charge in [-0.15, -0.1) is 17.5 Å². The largest absolute Gasteiger partial charge is 0.332 e. The first-order valence-electron chi connectivity index (χ1n) is 12.5. The van der Waals surface area contributed by atoms with Crippen LogP contribution in [0.15, 0.2) is 36.4 Å². The van der Waals surface area contributed by atoms with Crippen molar-refractivity contribution < 1.29 is 4.39 Å². The molecule has 2 saturated carbocycles. The average Bonchev–Trinajstić information content (AvgIpc) is 3.72. The minimum absolute atomic E-state index is 0. The number of anilines is 1. The van der Waals surface area contributed by atoms with Gasteiger partial charge < -0.3 is 4.90 Å². The Labute approximate surface area is 209 Å². The third-order valence-electron chi connectivity index (χ3n) is 7.08. The highest BCUT2D eigenvalue weighted by Crippen LogP contribution is 2.44. The fourth-order valence-electron chi connectivity index (χ4n) is 4.83. The summed E-state index contributed by atoms with van der Waals surface area (Å²) in [4.78, 5) is 7.47. The third kappa shape index (κ3) is 5.14. The Morgan fingerprint density at radius 3 is 2.41 bits per heavy atom. The van der Waals surface area contributed by atoms with Crippen LogP contribution in [0.3, 0.4) is 0 Å². The van der Waals surface area contributed by atoms with Crippen LogP contribution in [0.4, 0.5) is 10.3 Å². The van der Waals surface area contributed by atoms with E-state index < -0.39 is 0 Å². The molecule has 2 fully saturated rings. The van der Waals surface area contributed by atoms with Gasteiger partial charge in [-0.25, -0.2) is 9.07 Å². The molecule has 1 aromatic heterocycles. The monoisotopic (exact) mass is 482 g/mol. The van der Waals surface area contributed by atoms with Gasteiger partial charge in [0.05, 0.1) is 11.7 Å². The van der Waals surface area contributed by atoms with E-state index in [4.69, 9.17) is 10.1 Å².